The number of fused-ring (bicyclic) bond motifs is 5. The summed E-state index contributed by atoms with van der Waals surface area (Å²) in [5.41, 5.74) is -0.368. The van der Waals surface area contributed by atoms with Crippen LogP contribution in [0.15, 0.2) is 0 Å². The number of imide groups is 1. The average molecular weight is 195 g/mol. The van der Waals surface area contributed by atoms with Crippen molar-refractivity contribution in [3.05, 3.63) is 0 Å². The van der Waals surface area contributed by atoms with Crippen molar-refractivity contribution in [1.29, 1.82) is 0 Å². The van der Waals surface area contributed by atoms with Crippen LogP contribution in [0, 0.1) is 11.8 Å². The number of carbonyl (C=O) groups is 2. The SMILES string of the molecule is CN1C(=O)[C@H]2[C@@H](C1=O)[C@@]1(C)CC[C@H]2O1. The maximum atomic E-state index is 11.8. The van der Waals surface area contributed by atoms with Crippen molar-refractivity contribution in [3.63, 3.8) is 0 Å². The quantitative estimate of drug-likeness (QED) is 0.517. The minimum atomic E-state index is -0.368. The Morgan fingerprint density at radius 2 is 2.14 bits per heavy atom. The first-order valence-electron chi connectivity index (χ1n) is 5.04. The molecule has 0 aromatic carbocycles. The predicted octanol–water partition coefficient (Wildman–Crippen LogP) is 0.169. The van der Waals surface area contributed by atoms with Gasteiger partial charge in [-0.2, -0.15) is 0 Å². The maximum absolute atomic E-state index is 11.8. The minimum Gasteiger partial charge on any atom is -0.370 e. The number of hydrogen-bond acceptors (Lipinski definition) is 3. The van der Waals surface area contributed by atoms with Crippen LogP contribution in [-0.2, 0) is 14.3 Å². The van der Waals surface area contributed by atoms with Crippen molar-refractivity contribution < 1.29 is 14.3 Å². The van der Waals surface area contributed by atoms with Gasteiger partial charge in [-0.3, -0.25) is 14.5 Å². The number of rotatable bonds is 0. The highest BCUT2D eigenvalue weighted by atomic mass is 16.5. The van der Waals surface area contributed by atoms with Crippen LogP contribution in [0.1, 0.15) is 19.8 Å². The number of nitrogens with zero attached hydrogens (tertiary/aromatic N) is 1. The minimum absolute atomic E-state index is 0.00796. The molecule has 0 spiro atoms. The fourth-order valence-electron chi connectivity index (χ4n) is 3.23. The molecule has 0 N–H and O–H groups in total. The molecule has 14 heavy (non-hydrogen) atoms. The first-order chi connectivity index (χ1) is 6.54. The topological polar surface area (TPSA) is 46.6 Å². The molecule has 0 unspecified atom stereocenters. The van der Waals surface area contributed by atoms with Crippen molar-refractivity contribution in [3.8, 4) is 0 Å². The molecule has 0 aromatic heterocycles. The fourth-order valence-corrected chi connectivity index (χ4v) is 3.23. The summed E-state index contributed by atoms with van der Waals surface area (Å²) in [4.78, 5) is 24.8. The molecule has 2 amide bonds. The van der Waals surface area contributed by atoms with E-state index in [0.29, 0.717) is 0 Å². The third kappa shape index (κ3) is 0.704. The van der Waals surface area contributed by atoms with Crippen LogP contribution in [0.2, 0.25) is 0 Å². The average Bonchev–Trinajstić information content (AvgIpc) is 2.72. The Balaban J connectivity index is 2.08. The van der Waals surface area contributed by atoms with E-state index in [-0.39, 0.29) is 35.4 Å². The smallest absolute Gasteiger partial charge is 0.235 e. The van der Waals surface area contributed by atoms with Crippen molar-refractivity contribution in [2.45, 2.75) is 31.5 Å². The largest absolute Gasteiger partial charge is 0.370 e. The van der Waals surface area contributed by atoms with Crippen LogP contribution in [0.4, 0.5) is 0 Å². The van der Waals surface area contributed by atoms with E-state index in [1.807, 2.05) is 6.92 Å². The Bertz CT molecular complexity index is 340. The van der Waals surface area contributed by atoms with Gasteiger partial charge in [0.15, 0.2) is 0 Å². The lowest BCUT2D eigenvalue weighted by molar-refractivity contribution is -0.142. The van der Waals surface area contributed by atoms with Crippen molar-refractivity contribution in [1.82, 2.24) is 4.90 Å². The Morgan fingerprint density at radius 1 is 1.43 bits per heavy atom. The standard InChI is InChI=1S/C10H13NO3/c1-10-4-3-5(14-10)6-7(10)9(13)11(2)8(6)12/h5-7H,3-4H2,1-2H3/t5-,6-,7+,10-/m1/s1. The molecule has 0 aromatic rings. The Labute approximate surface area is 82.2 Å². The van der Waals surface area contributed by atoms with Gasteiger partial charge in [-0.05, 0) is 19.8 Å². The first kappa shape index (κ1) is 8.41. The normalized spacial score (nSPS) is 50.4. The van der Waals surface area contributed by atoms with E-state index in [1.54, 1.807) is 7.05 Å². The lowest BCUT2D eigenvalue weighted by Crippen LogP contribution is -2.38. The second kappa shape index (κ2) is 2.19. The van der Waals surface area contributed by atoms with Gasteiger partial charge in [-0.1, -0.05) is 0 Å². The van der Waals surface area contributed by atoms with E-state index in [0.717, 1.165) is 12.8 Å². The zero-order chi connectivity index (χ0) is 10.1. The molecule has 0 aliphatic carbocycles. The van der Waals surface area contributed by atoms with Gasteiger partial charge in [0, 0.05) is 7.05 Å². The van der Waals surface area contributed by atoms with Crippen LogP contribution in [0.3, 0.4) is 0 Å². The number of likely N-dealkylation sites (tertiary alicyclic amines) is 1. The third-order valence-corrected chi connectivity index (χ3v) is 3.98. The molecule has 0 saturated carbocycles. The fraction of sp³-hybridized carbons (Fsp3) is 0.800. The number of carbonyl (C=O) groups excluding carboxylic acids is 2. The summed E-state index contributed by atoms with van der Waals surface area (Å²) >= 11 is 0. The Hall–Kier alpha value is -0.900. The highest BCUT2D eigenvalue weighted by Crippen LogP contribution is 2.54. The van der Waals surface area contributed by atoms with Crippen LogP contribution in [0.25, 0.3) is 0 Å². The summed E-state index contributed by atoms with van der Waals surface area (Å²) < 4.78 is 5.75. The summed E-state index contributed by atoms with van der Waals surface area (Å²) in [6.07, 6.45) is 1.82. The molecule has 76 valence electrons. The number of hydrogen-bond donors (Lipinski definition) is 0. The third-order valence-electron chi connectivity index (χ3n) is 3.98. The molecule has 2 bridgehead atoms. The van der Waals surface area contributed by atoms with Crippen molar-refractivity contribution in [2.24, 2.45) is 11.8 Å². The van der Waals surface area contributed by atoms with Gasteiger partial charge in [0.2, 0.25) is 11.8 Å². The van der Waals surface area contributed by atoms with Crippen molar-refractivity contribution >= 4 is 11.8 Å². The molecule has 4 heteroatoms. The van der Waals surface area contributed by atoms with E-state index in [2.05, 4.69) is 0 Å². The monoisotopic (exact) mass is 195 g/mol. The van der Waals surface area contributed by atoms with Gasteiger partial charge in [0.1, 0.15) is 0 Å². The van der Waals surface area contributed by atoms with E-state index < -0.39 is 0 Å². The maximum Gasteiger partial charge on any atom is 0.235 e. The van der Waals surface area contributed by atoms with Gasteiger partial charge in [-0.15, -0.1) is 0 Å². The summed E-state index contributed by atoms with van der Waals surface area (Å²) in [5.74, 6) is -0.497. The predicted molar refractivity (Wildman–Crippen MR) is 47.3 cm³/mol. The summed E-state index contributed by atoms with van der Waals surface area (Å²) in [6.45, 7) is 1.96. The lowest BCUT2D eigenvalue weighted by Gasteiger charge is -2.25. The molecular formula is C10H13NO3. The molecule has 3 fully saturated rings. The highest BCUT2D eigenvalue weighted by molar-refractivity contribution is 6.06. The molecule has 3 saturated heterocycles. The lowest BCUT2D eigenvalue weighted by atomic mass is 9.74. The Kier molecular flexibility index (Phi) is 1.31. The van der Waals surface area contributed by atoms with Gasteiger partial charge in [-0.25, -0.2) is 0 Å². The van der Waals surface area contributed by atoms with Crippen LogP contribution in [-0.4, -0.2) is 35.5 Å². The summed E-state index contributed by atoms with van der Waals surface area (Å²) in [7, 11) is 1.58. The molecule has 3 rings (SSSR count). The van der Waals surface area contributed by atoms with E-state index in [1.165, 1.54) is 4.90 Å². The molecule has 4 nitrogen and oxygen atoms in total. The Morgan fingerprint density at radius 3 is 2.79 bits per heavy atom. The first-order valence-corrected chi connectivity index (χ1v) is 5.04. The summed E-state index contributed by atoms with van der Waals surface area (Å²) in [6, 6.07) is 0. The van der Waals surface area contributed by atoms with Gasteiger partial charge in [0.05, 0.1) is 23.5 Å². The molecule has 3 aliphatic heterocycles. The zero-order valence-corrected chi connectivity index (χ0v) is 8.32. The van der Waals surface area contributed by atoms with Crippen LogP contribution < -0.4 is 0 Å². The second-order valence-electron chi connectivity index (χ2n) is 4.75. The number of ether oxygens (including phenoxy) is 1. The zero-order valence-electron chi connectivity index (χ0n) is 8.32. The van der Waals surface area contributed by atoms with Crippen LogP contribution >= 0.6 is 0 Å². The van der Waals surface area contributed by atoms with Gasteiger partial charge >= 0.3 is 0 Å². The van der Waals surface area contributed by atoms with E-state index in [9.17, 15) is 9.59 Å². The highest BCUT2D eigenvalue weighted by Gasteiger charge is 2.66. The molecule has 4 atom stereocenters. The molecule has 3 aliphatic rings. The van der Waals surface area contributed by atoms with Gasteiger partial charge in [0.25, 0.3) is 0 Å². The number of amides is 2. The molecular weight excluding hydrogens is 182 g/mol. The van der Waals surface area contributed by atoms with Crippen molar-refractivity contribution in [2.75, 3.05) is 7.05 Å². The van der Waals surface area contributed by atoms with Gasteiger partial charge < -0.3 is 4.74 Å². The second-order valence-corrected chi connectivity index (χ2v) is 4.75. The molecule has 3 heterocycles. The van der Waals surface area contributed by atoms with E-state index >= 15 is 0 Å². The molecule has 0 radical (unpaired) electrons. The van der Waals surface area contributed by atoms with Crippen LogP contribution in [0.5, 0.6) is 0 Å². The van der Waals surface area contributed by atoms with E-state index in [4.69, 9.17) is 4.74 Å². The summed E-state index contributed by atoms with van der Waals surface area (Å²) in [5, 5.41) is 0.